The average Bonchev–Trinajstić information content (AvgIpc) is 2.75. The Morgan fingerprint density at radius 2 is 2.15 bits per heavy atom. The van der Waals surface area contributed by atoms with E-state index in [1.54, 1.807) is 18.0 Å². The van der Waals surface area contributed by atoms with Crippen LogP contribution in [-0.4, -0.2) is 33.3 Å². The SMILES string of the molecule is CSCC(C)n1cncc1[C@@H](C)NC(=O)OC(C)(C)C. The summed E-state index contributed by atoms with van der Waals surface area (Å²) in [5.41, 5.74) is 0.494. The molecule has 1 aromatic heterocycles. The van der Waals surface area contributed by atoms with Crippen molar-refractivity contribution in [1.29, 1.82) is 0 Å². The third kappa shape index (κ3) is 5.07. The van der Waals surface area contributed by atoms with Crippen molar-refractivity contribution in [3.8, 4) is 0 Å². The summed E-state index contributed by atoms with van der Waals surface area (Å²) < 4.78 is 7.37. The molecule has 114 valence electrons. The van der Waals surface area contributed by atoms with Crippen molar-refractivity contribution in [1.82, 2.24) is 14.9 Å². The molecule has 0 radical (unpaired) electrons. The molecule has 0 aromatic carbocycles. The maximum atomic E-state index is 11.8. The molecule has 1 unspecified atom stereocenters. The van der Waals surface area contributed by atoms with E-state index in [1.807, 2.05) is 34.0 Å². The van der Waals surface area contributed by atoms with E-state index >= 15 is 0 Å². The van der Waals surface area contributed by atoms with Crippen LogP contribution < -0.4 is 5.32 Å². The van der Waals surface area contributed by atoms with Crippen LogP contribution in [0.25, 0.3) is 0 Å². The third-order valence-electron chi connectivity index (χ3n) is 2.76. The van der Waals surface area contributed by atoms with Crippen molar-refractivity contribution in [3.05, 3.63) is 18.2 Å². The topological polar surface area (TPSA) is 56.2 Å². The van der Waals surface area contributed by atoms with E-state index in [1.165, 1.54) is 0 Å². The predicted octanol–water partition coefficient (Wildman–Crippen LogP) is 3.39. The highest BCUT2D eigenvalue weighted by Gasteiger charge is 2.20. The quantitative estimate of drug-likeness (QED) is 0.905. The summed E-state index contributed by atoms with van der Waals surface area (Å²) in [6, 6.07) is 0.196. The molecule has 1 rings (SSSR count). The number of carbonyl (C=O) groups is 1. The summed E-state index contributed by atoms with van der Waals surface area (Å²) in [5, 5.41) is 2.85. The van der Waals surface area contributed by atoms with Gasteiger partial charge in [-0.25, -0.2) is 9.78 Å². The van der Waals surface area contributed by atoms with Gasteiger partial charge in [0.15, 0.2) is 0 Å². The lowest BCUT2D eigenvalue weighted by Gasteiger charge is -2.23. The minimum atomic E-state index is -0.490. The molecular formula is C14H25N3O2S. The fourth-order valence-corrected chi connectivity index (χ4v) is 2.54. The monoisotopic (exact) mass is 299 g/mol. The van der Waals surface area contributed by atoms with Crippen LogP contribution in [0.4, 0.5) is 4.79 Å². The fraction of sp³-hybridized carbons (Fsp3) is 0.714. The molecule has 1 amide bonds. The first-order chi connectivity index (χ1) is 9.24. The number of thioether (sulfide) groups is 1. The number of nitrogens with one attached hydrogen (secondary N) is 1. The fourth-order valence-electron chi connectivity index (χ4n) is 1.90. The van der Waals surface area contributed by atoms with Gasteiger partial charge in [0.25, 0.3) is 0 Å². The molecule has 0 bridgehead atoms. The number of alkyl carbamates (subject to hydrolysis) is 1. The first-order valence-electron chi connectivity index (χ1n) is 6.74. The Morgan fingerprint density at radius 1 is 1.50 bits per heavy atom. The smallest absolute Gasteiger partial charge is 0.408 e. The minimum absolute atomic E-state index is 0.142. The highest BCUT2D eigenvalue weighted by molar-refractivity contribution is 7.98. The van der Waals surface area contributed by atoms with E-state index in [9.17, 15) is 4.79 Å². The standard InChI is InChI=1S/C14H25N3O2S/c1-10(8-20-6)17-9-15-7-12(17)11(2)16-13(18)19-14(3,4)5/h7,9-11H,8H2,1-6H3,(H,16,18)/t10?,11-/m1/s1. The number of nitrogens with zero attached hydrogens (tertiary/aromatic N) is 2. The molecule has 2 atom stereocenters. The van der Waals surface area contributed by atoms with Crippen molar-refractivity contribution < 1.29 is 9.53 Å². The summed E-state index contributed by atoms with van der Waals surface area (Å²) in [5.74, 6) is 1.00. The lowest BCUT2D eigenvalue weighted by Crippen LogP contribution is -2.34. The van der Waals surface area contributed by atoms with E-state index < -0.39 is 11.7 Å². The molecule has 1 heterocycles. The van der Waals surface area contributed by atoms with Gasteiger partial charge in [0.05, 0.1) is 24.3 Å². The lowest BCUT2D eigenvalue weighted by molar-refractivity contribution is 0.0506. The summed E-state index contributed by atoms with van der Waals surface area (Å²) in [7, 11) is 0. The van der Waals surface area contributed by atoms with Crippen LogP contribution in [0.2, 0.25) is 0 Å². The summed E-state index contributed by atoms with van der Waals surface area (Å²) in [4.78, 5) is 16.0. The Hall–Kier alpha value is -1.17. The van der Waals surface area contributed by atoms with Crippen molar-refractivity contribution >= 4 is 17.9 Å². The Balaban J connectivity index is 2.71. The number of hydrogen-bond donors (Lipinski definition) is 1. The van der Waals surface area contributed by atoms with Crippen molar-refractivity contribution in [3.63, 3.8) is 0 Å². The van der Waals surface area contributed by atoms with Gasteiger partial charge in [-0.2, -0.15) is 11.8 Å². The number of aromatic nitrogens is 2. The summed E-state index contributed by atoms with van der Waals surface area (Å²) >= 11 is 1.79. The molecule has 0 aliphatic heterocycles. The number of ether oxygens (including phenoxy) is 1. The predicted molar refractivity (Wildman–Crippen MR) is 83.1 cm³/mol. The Kier molecular flexibility index (Phi) is 5.92. The van der Waals surface area contributed by atoms with E-state index in [2.05, 4.69) is 28.0 Å². The van der Waals surface area contributed by atoms with Gasteiger partial charge in [-0.1, -0.05) is 0 Å². The molecule has 0 aliphatic carbocycles. The number of hydrogen-bond acceptors (Lipinski definition) is 4. The zero-order valence-corrected chi connectivity index (χ0v) is 14.0. The molecule has 0 aliphatic rings. The molecule has 0 spiro atoms. The van der Waals surface area contributed by atoms with Crippen molar-refractivity contribution in [2.45, 2.75) is 52.3 Å². The minimum Gasteiger partial charge on any atom is -0.444 e. The molecule has 20 heavy (non-hydrogen) atoms. The van der Waals surface area contributed by atoms with Gasteiger partial charge in [-0.15, -0.1) is 0 Å². The molecule has 0 saturated carbocycles. The van der Waals surface area contributed by atoms with Crippen LogP contribution in [-0.2, 0) is 4.74 Å². The van der Waals surface area contributed by atoms with E-state index in [0.29, 0.717) is 6.04 Å². The average molecular weight is 299 g/mol. The molecule has 5 nitrogen and oxygen atoms in total. The number of rotatable bonds is 5. The largest absolute Gasteiger partial charge is 0.444 e. The Morgan fingerprint density at radius 3 is 2.70 bits per heavy atom. The number of carbonyl (C=O) groups excluding carboxylic acids is 1. The number of amides is 1. The maximum absolute atomic E-state index is 11.8. The van der Waals surface area contributed by atoms with Gasteiger partial charge in [-0.05, 0) is 40.9 Å². The van der Waals surface area contributed by atoms with Crippen molar-refractivity contribution in [2.24, 2.45) is 0 Å². The van der Waals surface area contributed by atoms with Crippen LogP contribution in [0.3, 0.4) is 0 Å². The summed E-state index contributed by atoms with van der Waals surface area (Å²) in [6.45, 7) is 9.62. The van der Waals surface area contributed by atoms with Crippen LogP contribution in [0.15, 0.2) is 12.5 Å². The second-order valence-corrected chi connectivity index (χ2v) is 6.81. The molecule has 1 N–H and O–H groups in total. The zero-order chi connectivity index (χ0) is 15.3. The normalized spacial score (nSPS) is 14.7. The van der Waals surface area contributed by atoms with E-state index in [-0.39, 0.29) is 6.04 Å². The van der Waals surface area contributed by atoms with Gasteiger partial charge in [0.1, 0.15) is 5.60 Å². The van der Waals surface area contributed by atoms with Gasteiger partial charge < -0.3 is 14.6 Å². The molecule has 0 saturated heterocycles. The Bertz CT molecular complexity index is 440. The van der Waals surface area contributed by atoms with Crippen LogP contribution in [0, 0.1) is 0 Å². The van der Waals surface area contributed by atoms with Crippen LogP contribution >= 0.6 is 11.8 Å². The highest BCUT2D eigenvalue weighted by Crippen LogP contribution is 2.20. The van der Waals surface area contributed by atoms with Gasteiger partial charge in [0, 0.05) is 11.8 Å². The maximum Gasteiger partial charge on any atom is 0.408 e. The first-order valence-corrected chi connectivity index (χ1v) is 8.14. The zero-order valence-electron chi connectivity index (χ0n) is 13.1. The van der Waals surface area contributed by atoms with Crippen molar-refractivity contribution in [2.75, 3.05) is 12.0 Å². The van der Waals surface area contributed by atoms with Gasteiger partial charge >= 0.3 is 6.09 Å². The number of imidazole rings is 1. The van der Waals surface area contributed by atoms with Crippen LogP contribution in [0.1, 0.15) is 52.4 Å². The van der Waals surface area contributed by atoms with Crippen LogP contribution in [0.5, 0.6) is 0 Å². The van der Waals surface area contributed by atoms with Gasteiger partial charge in [-0.3, -0.25) is 0 Å². The first kappa shape index (κ1) is 16.9. The molecule has 1 aromatic rings. The summed E-state index contributed by atoms with van der Waals surface area (Å²) in [6.07, 6.45) is 5.27. The lowest BCUT2D eigenvalue weighted by atomic mass is 10.2. The third-order valence-corrected chi connectivity index (χ3v) is 3.57. The molecule has 6 heteroatoms. The van der Waals surface area contributed by atoms with E-state index in [4.69, 9.17) is 4.74 Å². The Labute approximate surface area is 125 Å². The van der Waals surface area contributed by atoms with E-state index in [0.717, 1.165) is 11.4 Å². The second kappa shape index (κ2) is 7.02. The highest BCUT2D eigenvalue weighted by atomic mass is 32.2. The molecular weight excluding hydrogens is 274 g/mol. The molecule has 0 fully saturated rings. The van der Waals surface area contributed by atoms with Gasteiger partial charge in [0.2, 0.25) is 0 Å². The second-order valence-electron chi connectivity index (χ2n) is 5.90.